The van der Waals surface area contributed by atoms with E-state index in [0.717, 1.165) is 32.8 Å². The molecule has 0 saturated carbocycles. The molecule has 2 aliphatic rings. The lowest BCUT2D eigenvalue weighted by molar-refractivity contribution is -0.116. The van der Waals surface area contributed by atoms with Gasteiger partial charge in [-0.05, 0) is 36.8 Å². The standard InChI is InChI=1S/C19H18BrNO4/c1-2-23-16-4-3-11(20)7-14(16)12-9-19(22)21-15-10-18-17(8-13(12)15)24-5-6-25-18/h3-4,7-8,10,12H,2,5-6,9H2,1H3,(H,21,22)/t12-/m0/s1. The highest BCUT2D eigenvalue weighted by molar-refractivity contribution is 9.10. The largest absolute Gasteiger partial charge is 0.494 e. The molecule has 2 aromatic rings. The van der Waals surface area contributed by atoms with Gasteiger partial charge in [0.2, 0.25) is 5.91 Å². The van der Waals surface area contributed by atoms with Gasteiger partial charge < -0.3 is 19.5 Å². The molecule has 6 heteroatoms. The number of benzene rings is 2. The first-order valence-corrected chi connectivity index (χ1v) is 9.10. The Kier molecular flexibility index (Phi) is 4.29. The summed E-state index contributed by atoms with van der Waals surface area (Å²) in [5.41, 5.74) is 2.78. The van der Waals surface area contributed by atoms with E-state index < -0.39 is 0 Å². The van der Waals surface area contributed by atoms with E-state index in [1.165, 1.54) is 0 Å². The fourth-order valence-corrected chi connectivity index (χ4v) is 3.73. The summed E-state index contributed by atoms with van der Waals surface area (Å²) in [5, 5.41) is 2.95. The molecule has 0 aromatic heterocycles. The molecule has 5 nitrogen and oxygen atoms in total. The molecule has 1 N–H and O–H groups in total. The van der Waals surface area contributed by atoms with Gasteiger partial charge in [-0.2, -0.15) is 0 Å². The summed E-state index contributed by atoms with van der Waals surface area (Å²) in [6, 6.07) is 9.74. The molecule has 1 amide bonds. The van der Waals surface area contributed by atoms with Crippen molar-refractivity contribution in [3.8, 4) is 17.2 Å². The molecule has 25 heavy (non-hydrogen) atoms. The van der Waals surface area contributed by atoms with Crippen LogP contribution < -0.4 is 19.5 Å². The SMILES string of the molecule is CCOc1ccc(Br)cc1[C@H]1CC(=O)Nc2cc3c(cc21)OCCO3. The molecule has 2 aromatic carbocycles. The molecule has 130 valence electrons. The van der Waals surface area contributed by atoms with E-state index in [9.17, 15) is 4.79 Å². The molecule has 0 aliphatic carbocycles. The van der Waals surface area contributed by atoms with E-state index in [1.54, 1.807) is 0 Å². The van der Waals surface area contributed by atoms with Gasteiger partial charge in [-0.25, -0.2) is 0 Å². The van der Waals surface area contributed by atoms with Crippen LogP contribution in [0, 0.1) is 0 Å². The van der Waals surface area contributed by atoms with Crippen molar-refractivity contribution in [2.24, 2.45) is 0 Å². The summed E-state index contributed by atoms with van der Waals surface area (Å²) < 4.78 is 18.1. The van der Waals surface area contributed by atoms with Gasteiger partial charge >= 0.3 is 0 Å². The first-order chi connectivity index (χ1) is 12.2. The number of nitrogens with one attached hydrogen (secondary N) is 1. The summed E-state index contributed by atoms with van der Waals surface area (Å²) in [5.74, 6) is 2.07. The van der Waals surface area contributed by atoms with Crippen molar-refractivity contribution in [1.82, 2.24) is 0 Å². The van der Waals surface area contributed by atoms with E-state index >= 15 is 0 Å². The minimum absolute atomic E-state index is 0.0170. The molecule has 0 bridgehead atoms. The third-order valence-electron chi connectivity index (χ3n) is 4.40. The number of anilines is 1. The smallest absolute Gasteiger partial charge is 0.225 e. The summed E-state index contributed by atoms with van der Waals surface area (Å²) >= 11 is 3.53. The van der Waals surface area contributed by atoms with E-state index in [2.05, 4.69) is 21.2 Å². The number of rotatable bonds is 3. The maximum Gasteiger partial charge on any atom is 0.225 e. The average Bonchev–Trinajstić information content (AvgIpc) is 2.61. The average molecular weight is 404 g/mol. The number of carbonyl (C=O) groups is 1. The van der Waals surface area contributed by atoms with Crippen LogP contribution in [-0.2, 0) is 4.79 Å². The zero-order chi connectivity index (χ0) is 17.4. The van der Waals surface area contributed by atoms with Crippen LogP contribution >= 0.6 is 15.9 Å². The zero-order valence-electron chi connectivity index (χ0n) is 13.8. The lowest BCUT2D eigenvalue weighted by Crippen LogP contribution is -2.25. The highest BCUT2D eigenvalue weighted by Crippen LogP contribution is 2.46. The lowest BCUT2D eigenvalue weighted by Gasteiger charge is -2.29. The Morgan fingerprint density at radius 1 is 1.16 bits per heavy atom. The van der Waals surface area contributed by atoms with Crippen LogP contribution in [0.5, 0.6) is 17.2 Å². The Morgan fingerprint density at radius 3 is 2.68 bits per heavy atom. The van der Waals surface area contributed by atoms with Crippen molar-refractivity contribution in [1.29, 1.82) is 0 Å². The van der Waals surface area contributed by atoms with Gasteiger partial charge in [0.1, 0.15) is 19.0 Å². The maximum atomic E-state index is 12.3. The van der Waals surface area contributed by atoms with Crippen LogP contribution in [-0.4, -0.2) is 25.7 Å². The molecular weight excluding hydrogens is 386 g/mol. The number of halogens is 1. The monoisotopic (exact) mass is 403 g/mol. The summed E-state index contributed by atoms with van der Waals surface area (Å²) in [4.78, 5) is 12.3. The van der Waals surface area contributed by atoms with Gasteiger partial charge in [0.15, 0.2) is 11.5 Å². The number of ether oxygens (including phenoxy) is 3. The van der Waals surface area contributed by atoms with E-state index in [-0.39, 0.29) is 11.8 Å². The second-order valence-corrected chi connectivity index (χ2v) is 6.92. The molecule has 0 radical (unpaired) electrons. The third-order valence-corrected chi connectivity index (χ3v) is 4.89. The van der Waals surface area contributed by atoms with E-state index in [4.69, 9.17) is 14.2 Å². The molecular formula is C19H18BrNO4. The van der Waals surface area contributed by atoms with Gasteiger partial charge in [-0.15, -0.1) is 0 Å². The van der Waals surface area contributed by atoms with E-state index in [1.807, 2.05) is 37.3 Å². The Hall–Kier alpha value is -2.21. The highest BCUT2D eigenvalue weighted by Gasteiger charge is 2.31. The fourth-order valence-electron chi connectivity index (χ4n) is 3.35. The minimum Gasteiger partial charge on any atom is -0.494 e. The van der Waals surface area contributed by atoms with Gasteiger partial charge in [-0.3, -0.25) is 4.79 Å². The Balaban J connectivity index is 1.85. The van der Waals surface area contributed by atoms with Crippen molar-refractivity contribution in [2.75, 3.05) is 25.1 Å². The number of amides is 1. The first-order valence-electron chi connectivity index (χ1n) is 8.31. The molecule has 1 atom stereocenters. The maximum absolute atomic E-state index is 12.3. The molecule has 0 unspecified atom stereocenters. The predicted octanol–water partition coefficient (Wildman–Crippen LogP) is 4.09. The number of carbonyl (C=O) groups excluding carboxylic acids is 1. The zero-order valence-corrected chi connectivity index (χ0v) is 15.4. The highest BCUT2D eigenvalue weighted by atomic mass is 79.9. The molecule has 0 fully saturated rings. The number of hydrogen-bond donors (Lipinski definition) is 1. The van der Waals surface area contributed by atoms with Gasteiger partial charge in [0.05, 0.1) is 6.61 Å². The van der Waals surface area contributed by atoms with Crippen LogP contribution in [0.2, 0.25) is 0 Å². The quantitative estimate of drug-likeness (QED) is 0.837. The van der Waals surface area contributed by atoms with Gasteiger partial charge in [0, 0.05) is 34.1 Å². The van der Waals surface area contributed by atoms with Crippen molar-refractivity contribution in [3.63, 3.8) is 0 Å². The Morgan fingerprint density at radius 2 is 1.92 bits per heavy atom. The Labute approximate surface area is 154 Å². The normalized spacial score (nSPS) is 18.3. The lowest BCUT2D eigenvalue weighted by atomic mass is 9.84. The van der Waals surface area contributed by atoms with Gasteiger partial charge in [0.25, 0.3) is 0 Å². The van der Waals surface area contributed by atoms with Gasteiger partial charge in [-0.1, -0.05) is 15.9 Å². The fraction of sp³-hybridized carbons (Fsp3) is 0.316. The third kappa shape index (κ3) is 3.06. The predicted molar refractivity (Wildman–Crippen MR) is 97.8 cm³/mol. The molecule has 0 saturated heterocycles. The first kappa shape index (κ1) is 16.3. The number of hydrogen-bond acceptors (Lipinski definition) is 4. The van der Waals surface area contributed by atoms with Crippen molar-refractivity contribution in [2.45, 2.75) is 19.3 Å². The number of fused-ring (bicyclic) bond motifs is 2. The minimum atomic E-state index is -0.0985. The second kappa shape index (κ2) is 6.59. The van der Waals surface area contributed by atoms with Crippen molar-refractivity contribution >= 4 is 27.5 Å². The molecule has 2 heterocycles. The summed E-state index contributed by atoms with van der Waals surface area (Å²) in [7, 11) is 0. The van der Waals surface area contributed by atoms with Crippen LogP contribution in [0.4, 0.5) is 5.69 Å². The second-order valence-electron chi connectivity index (χ2n) is 6.00. The topological polar surface area (TPSA) is 56.8 Å². The summed E-state index contributed by atoms with van der Waals surface area (Å²) in [6.07, 6.45) is 0.364. The van der Waals surface area contributed by atoms with Crippen LogP contribution in [0.3, 0.4) is 0 Å². The summed E-state index contributed by atoms with van der Waals surface area (Å²) in [6.45, 7) is 3.57. The van der Waals surface area contributed by atoms with Crippen molar-refractivity contribution in [3.05, 3.63) is 45.9 Å². The van der Waals surface area contributed by atoms with Crippen LogP contribution in [0.25, 0.3) is 0 Å². The molecule has 2 aliphatic heterocycles. The van der Waals surface area contributed by atoms with Crippen LogP contribution in [0.1, 0.15) is 30.4 Å². The Bertz CT molecular complexity index is 836. The van der Waals surface area contributed by atoms with Crippen LogP contribution in [0.15, 0.2) is 34.8 Å². The van der Waals surface area contributed by atoms with E-state index in [0.29, 0.717) is 32.0 Å². The molecule has 0 spiro atoms. The van der Waals surface area contributed by atoms with Crippen molar-refractivity contribution < 1.29 is 19.0 Å². The molecule has 4 rings (SSSR count).